The summed E-state index contributed by atoms with van der Waals surface area (Å²) >= 11 is 4.90. The molecule has 1 fully saturated rings. The molecule has 0 radical (unpaired) electrons. The molecule has 1 saturated heterocycles. The second-order valence-electron chi connectivity index (χ2n) is 3.57. The zero-order valence-corrected chi connectivity index (χ0v) is 8.56. The Bertz CT molecular complexity index is 474. The molecule has 4 nitrogen and oxygen atoms in total. The maximum absolute atomic E-state index is 11.9. The summed E-state index contributed by atoms with van der Waals surface area (Å²) in [5.74, 6) is -0.156. The predicted octanol–water partition coefficient (Wildman–Crippen LogP) is 0.739. The summed E-state index contributed by atoms with van der Waals surface area (Å²) in [6.07, 6.45) is 0. The molecule has 2 aliphatic rings. The van der Waals surface area contributed by atoms with Gasteiger partial charge < -0.3 is 15.4 Å². The van der Waals surface area contributed by atoms with E-state index in [4.69, 9.17) is 17.0 Å². The Balaban J connectivity index is 2.17. The molecule has 2 N–H and O–H groups in total. The largest absolute Gasteiger partial charge is 0.447 e. The molecule has 2 aliphatic heterocycles. The van der Waals surface area contributed by atoms with Crippen LogP contribution in [0.3, 0.4) is 0 Å². The molecule has 2 heterocycles. The Labute approximate surface area is 91.6 Å². The van der Waals surface area contributed by atoms with Gasteiger partial charge in [-0.3, -0.25) is 4.79 Å². The first kappa shape index (κ1) is 8.67. The summed E-state index contributed by atoms with van der Waals surface area (Å²) in [6.45, 7) is 0.397. The van der Waals surface area contributed by atoms with E-state index in [0.29, 0.717) is 6.54 Å². The first-order chi connectivity index (χ1) is 7.22. The monoisotopic (exact) mass is 220 g/mol. The minimum absolute atomic E-state index is 0.156. The van der Waals surface area contributed by atoms with Crippen LogP contribution in [0.25, 0.3) is 0 Å². The van der Waals surface area contributed by atoms with E-state index in [1.807, 2.05) is 24.3 Å². The fourth-order valence-corrected chi connectivity index (χ4v) is 2.21. The Morgan fingerprint density at radius 3 is 2.93 bits per heavy atom. The molecular weight excluding hydrogens is 212 g/mol. The highest BCUT2D eigenvalue weighted by Gasteiger charge is 2.52. The first-order valence-electron chi connectivity index (χ1n) is 4.60. The Hall–Kier alpha value is -1.62. The SMILES string of the molecule is O=C1Nc2ccccc2[C@@]12CNC(=S)O2. The van der Waals surface area contributed by atoms with Crippen molar-refractivity contribution in [1.29, 1.82) is 0 Å². The zero-order valence-electron chi connectivity index (χ0n) is 7.74. The summed E-state index contributed by atoms with van der Waals surface area (Å²) < 4.78 is 5.46. The maximum atomic E-state index is 11.9. The highest BCUT2D eigenvalue weighted by atomic mass is 32.1. The molecule has 3 rings (SSSR count). The standard InChI is InChI=1S/C10H8N2O2S/c13-8-10(5-11-9(15)14-10)6-3-1-2-4-7(6)12-8/h1-4H,5H2,(H,11,15)(H,12,13)/t10-/m0/s1. The van der Waals surface area contributed by atoms with Crippen molar-refractivity contribution in [3.63, 3.8) is 0 Å². The van der Waals surface area contributed by atoms with Gasteiger partial charge in [0.15, 0.2) is 0 Å². The number of hydrogen-bond acceptors (Lipinski definition) is 3. The van der Waals surface area contributed by atoms with E-state index in [-0.39, 0.29) is 11.1 Å². The van der Waals surface area contributed by atoms with E-state index in [0.717, 1.165) is 11.3 Å². The fraction of sp³-hybridized carbons (Fsp3) is 0.200. The van der Waals surface area contributed by atoms with Crippen molar-refractivity contribution < 1.29 is 9.53 Å². The van der Waals surface area contributed by atoms with E-state index in [1.54, 1.807) is 0 Å². The lowest BCUT2D eigenvalue weighted by atomic mass is 9.96. The van der Waals surface area contributed by atoms with Crippen molar-refractivity contribution >= 4 is 29.0 Å². The average molecular weight is 220 g/mol. The van der Waals surface area contributed by atoms with Crippen molar-refractivity contribution in [2.24, 2.45) is 0 Å². The summed E-state index contributed by atoms with van der Waals surface area (Å²) in [5.41, 5.74) is 0.699. The highest BCUT2D eigenvalue weighted by molar-refractivity contribution is 7.80. The van der Waals surface area contributed by atoms with Crippen LogP contribution in [0.15, 0.2) is 24.3 Å². The molecule has 1 atom stereocenters. The van der Waals surface area contributed by atoms with Crippen LogP contribution in [-0.2, 0) is 15.1 Å². The molecule has 76 valence electrons. The molecule has 1 spiro atoms. The van der Waals surface area contributed by atoms with Crippen LogP contribution < -0.4 is 10.6 Å². The number of amides is 1. The topological polar surface area (TPSA) is 50.4 Å². The average Bonchev–Trinajstić information content (AvgIpc) is 2.73. The zero-order chi connectivity index (χ0) is 10.5. The van der Waals surface area contributed by atoms with Crippen LogP contribution in [0.4, 0.5) is 5.69 Å². The number of rotatable bonds is 0. The number of anilines is 1. The number of thiocarbonyl (C=S) groups is 1. The molecule has 0 aliphatic carbocycles. The Kier molecular flexibility index (Phi) is 1.56. The third-order valence-electron chi connectivity index (χ3n) is 2.73. The summed E-state index contributed by atoms with van der Waals surface area (Å²) in [6, 6.07) is 7.49. The lowest BCUT2D eigenvalue weighted by Gasteiger charge is -2.18. The number of nitrogens with one attached hydrogen (secondary N) is 2. The van der Waals surface area contributed by atoms with E-state index in [9.17, 15) is 4.79 Å². The Morgan fingerprint density at radius 2 is 2.20 bits per heavy atom. The van der Waals surface area contributed by atoms with Crippen LogP contribution in [0.1, 0.15) is 5.56 Å². The number of hydrogen-bond donors (Lipinski definition) is 2. The van der Waals surface area contributed by atoms with Gasteiger partial charge in [0.2, 0.25) is 5.60 Å². The number of fused-ring (bicyclic) bond motifs is 2. The number of ether oxygens (including phenoxy) is 1. The molecule has 0 saturated carbocycles. The molecule has 1 amide bonds. The van der Waals surface area contributed by atoms with Crippen molar-refractivity contribution in [1.82, 2.24) is 5.32 Å². The van der Waals surface area contributed by atoms with Gasteiger partial charge in [-0.2, -0.15) is 0 Å². The van der Waals surface area contributed by atoms with Crippen molar-refractivity contribution in [2.75, 3.05) is 11.9 Å². The number of carbonyl (C=O) groups excluding carboxylic acids is 1. The number of para-hydroxylation sites is 1. The van der Waals surface area contributed by atoms with Crippen LogP contribution in [-0.4, -0.2) is 17.6 Å². The number of carbonyl (C=O) groups is 1. The second-order valence-corrected chi connectivity index (χ2v) is 3.94. The van der Waals surface area contributed by atoms with Gasteiger partial charge in [-0.05, 0) is 18.3 Å². The third-order valence-corrected chi connectivity index (χ3v) is 2.95. The third kappa shape index (κ3) is 1.01. The molecule has 1 aromatic rings. The van der Waals surface area contributed by atoms with Gasteiger partial charge in [0, 0.05) is 11.3 Å². The van der Waals surface area contributed by atoms with Crippen molar-refractivity contribution in [3.8, 4) is 0 Å². The van der Waals surface area contributed by atoms with Gasteiger partial charge in [0.25, 0.3) is 11.1 Å². The molecule has 15 heavy (non-hydrogen) atoms. The van der Waals surface area contributed by atoms with E-state index in [2.05, 4.69) is 10.6 Å². The smallest absolute Gasteiger partial charge is 0.275 e. The second kappa shape index (κ2) is 2.70. The summed E-state index contributed by atoms with van der Waals surface area (Å²) in [5, 5.41) is 5.94. The van der Waals surface area contributed by atoms with Crippen LogP contribution in [0, 0.1) is 0 Å². The van der Waals surface area contributed by atoms with Gasteiger partial charge in [-0.15, -0.1) is 0 Å². The lowest BCUT2D eigenvalue weighted by Crippen LogP contribution is -2.37. The minimum atomic E-state index is -0.951. The van der Waals surface area contributed by atoms with Crippen LogP contribution in [0.5, 0.6) is 0 Å². The number of benzene rings is 1. The van der Waals surface area contributed by atoms with Crippen LogP contribution >= 0.6 is 12.2 Å². The molecule has 0 aromatic heterocycles. The van der Waals surface area contributed by atoms with E-state index < -0.39 is 5.60 Å². The fourth-order valence-electron chi connectivity index (χ4n) is 1.99. The molecule has 5 heteroatoms. The summed E-state index contributed by atoms with van der Waals surface area (Å²) in [4.78, 5) is 11.9. The van der Waals surface area contributed by atoms with Gasteiger partial charge in [0.05, 0.1) is 6.54 Å². The molecule has 0 unspecified atom stereocenters. The van der Waals surface area contributed by atoms with Gasteiger partial charge in [-0.1, -0.05) is 18.2 Å². The predicted molar refractivity (Wildman–Crippen MR) is 58.4 cm³/mol. The molecule has 1 aromatic carbocycles. The molecule has 0 bridgehead atoms. The Morgan fingerprint density at radius 1 is 1.40 bits per heavy atom. The van der Waals surface area contributed by atoms with E-state index >= 15 is 0 Å². The summed E-state index contributed by atoms with van der Waals surface area (Å²) in [7, 11) is 0. The maximum Gasteiger partial charge on any atom is 0.275 e. The van der Waals surface area contributed by atoms with Crippen molar-refractivity contribution in [2.45, 2.75) is 5.60 Å². The lowest BCUT2D eigenvalue weighted by molar-refractivity contribution is -0.129. The quantitative estimate of drug-likeness (QED) is 0.633. The van der Waals surface area contributed by atoms with Crippen molar-refractivity contribution in [3.05, 3.63) is 29.8 Å². The minimum Gasteiger partial charge on any atom is -0.447 e. The van der Waals surface area contributed by atoms with Gasteiger partial charge in [-0.25, -0.2) is 0 Å². The van der Waals surface area contributed by atoms with Gasteiger partial charge >= 0.3 is 0 Å². The normalized spacial score (nSPS) is 27.2. The first-order valence-corrected chi connectivity index (χ1v) is 5.01. The highest BCUT2D eigenvalue weighted by Crippen LogP contribution is 2.40. The van der Waals surface area contributed by atoms with E-state index in [1.165, 1.54) is 0 Å². The molecular formula is C10H8N2O2S. The van der Waals surface area contributed by atoms with Gasteiger partial charge in [0.1, 0.15) is 0 Å². The van der Waals surface area contributed by atoms with Crippen LogP contribution in [0.2, 0.25) is 0 Å².